The van der Waals surface area contributed by atoms with Crippen LogP contribution in [-0.2, 0) is 13.1 Å². The van der Waals surface area contributed by atoms with Crippen LogP contribution < -0.4 is 4.74 Å². The van der Waals surface area contributed by atoms with Crippen molar-refractivity contribution in [2.45, 2.75) is 20.0 Å². The molecule has 5 rings (SSSR count). The molecule has 4 aromatic rings. The van der Waals surface area contributed by atoms with Crippen LogP contribution in [0.2, 0.25) is 0 Å². The molecule has 1 amide bonds. The zero-order valence-electron chi connectivity index (χ0n) is 16.9. The molecule has 0 saturated heterocycles. The van der Waals surface area contributed by atoms with Crippen LogP contribution in [0.1, 0.15) is 27.2 Å². The van der Waals surface area contributed by atoms with Crippen molar-refractivity contribution in [3.8, 4) is 17.3 Å². The highest BCUT2D eigenvalue weighted by molar-refractivity contribution is 5.95. The third kappa shape index (κ3) is 3.06. The van der Waals surface area contributed by atoms with Gasteiger partial charge in [-0.3, -0.25) is 4.79 Å². The quantitative estimate of drug-likeness (QED) is 0.519. The fourth-order valence-corrected chi connectivity index (χ4v) is 3.89. The van der Waals surface area contributed by atoms with Gasteiger partial charge in [0.2, 0.25) is 0 Å². The third-order valence-electron chi connectivity index (χ3n) is 5.46. The molecule has 6 nitrogen and oxygen atoms in total. The summed E-state index contributed by atoms with van der Waals surface area (Å²) in [6.45, 7) is 3.07. The average Bonchev–Trinajstić information content (AvgIpc) is 3.50. The summed E-state index contributed by atoms with van der Waals surface area (Å²) in [6.07, 6.45) is 4.02. The number of rotatable bonds is 4. The first kappa shape index (κ1) is 18.2. The van der Waals surface area contributed by atoms with E-state index in [0.717, 1.165) is 22.8 Å². The fraction of sp³-hybridized carbons (Fsp3) is 0.167. The summed E-state index contributed by atoms with van der Waals surface area (Å²) in [5.74, 6) is 1.63. The number of hydrogen-bond donors (Lipinski definition) is 0. The SMILES string of the molecule is COc1cccc(C(=O)N2Cc3nn(-c4ccc(C)cc4)c(-n4cccc4)c3C2)c1. The highest BCUT2D eigenvalue weighted by Gasteiger charge is 2.32. The molecule has 0 fully saturated rings. The molecule has 0 spiro atoms. The smallest absolute Gasteiger partial charge is 0.254 e. The molecule has 2 aromatic heterocycles. The molecule has 6 heteroatoms. The maximum Gasteiger partial charge on any atom is 0.254 e. The fourth-order valence-electron chi connectivity index (χ4n) is 3.89. The molecule has 0 saturated carbocycles. The van der Waals surface area contributed by atoms with E-state index in [0.29, 0.717) is 24.4 Å². The van der Waals surface area contributed by atoms with E-state index in [4.69, 9.17) is 9.84 Å². The van der Waals surface area contributed by atoms with Crippen LogP contribution in [-0.4, -0.2) is 32.3 Å². The standard InChI is InChI=1S/C24H22N4O2/c1-17-8-10-19(11-9-17)28-23(26-12-3-4-13-26)21-15-27(16-22(21)25-28)24(29)18-6-5-7-20(14-18)30-2/h3-14H,15-16H2,1-2H3. The number of fused-ring (bicyclic) bond motifs is 1. The number of carbonyl (C=O) groups is 1. The van der Waals surface area contributed by atoms with Gasteiger partial charge >= 0.3 is 0 Å². The van der Waals surface area contributed by atoms with Crippen molar-refractivity contribution in [2.75, 3.05) is 7.11 Å². The summed E-state index contributed by atoms with van der Waals surface area (Å²) in [7, 11) is 1.60. The minimum absolute atomic E-state index is 0.0211. The third-order valence-corrected chi connectivity index (χ3v) is 5.46. The number of hydrogen-bond acceptors (Lipinski definition) is 3. The topological polar surface area (TPSA) is 52.3 Å². The summed E-state index contributed by atoms with van der Waals surface area (Å²) in [6, 6.07) is 19.6. The summed E-state index contributed by atoms with van der Waals surface area (Å²) < 4.78 is 9.30. The van der Waals surface area contributed by atoms with Gasteiger partial charge in [0, 0.05) is 23.5 Å². The van der Waals surface area contributed by atoms with Gasteiger partial charge in [0.1, 0.15) is 11.6 Å². The van der Waals surface area contributed by atoms with E-state index < -0.39 is 0 Å². The Morgan fingerprint density at radius 2 is 1.77 bits per heavy atom. The molecule has 2 aromatic carbocycles. The maximum atomic E-state index is 13.1. The van der Waals surface area contributed by atoms with Crippen LogP contribution in [0.25, 0.3) is 11.5 Å². The molecule has 3 heterocycles. The number of benzene rings is 2. The minimum Gasteiger partial charge on any atom is -0.497 e. The van der Waals surface area contributed by atoms with Crippen molar-refractivity contribution in [3.05, 3.63) is 95.4 Å². The number of ether oxygens (including phenoxy) is 1. The number of aryl methyl sites for hydroxylation is 1. The van der Waals surface area contributed by atoms with Crippen molar-refractivity contribution in [2.24, 2.45) is 0 Å². The molecule has 0 unspecified atom stereocenters. The summed E-state index contributed by atoms with van der Waals surface area (Å²) in [4.78, 5) is 14.9. The van der Waals surface area contributed by atoms with Crippen LogP contribution in [0.3, 0.4) is 0 Å². The largest absolute Gasteiger partial charge is 0.497 e. The minimum atomic E-state index is -0.0211. The van der Waals surface area contributed by atoms with Gasteiger partial charge in [-0.25, -0.2) is 4.68 Å². The second-order valence-electron chi connectivity index (χ2n) is 7.48. The van der Waals surface area contributed by atoms with Crippen LogP contribution in [0, 0.1) is 6.92 Å². The Kier molecular flexibility index (Phi) is 4.39. The molecule has 0 radical (unpaired) electrons. The predicted molar refractivity (Wildman–Crippen MR) is 114 cm³/mol. The monoisotopic (exact) mass is 398 g/mol. The molecule has 30 heavy (non-hydrogen) atoms. The zero-order chi connectivity index (χ0) is 20.7. The maximum absolute atomic E-state index is 13.1. The number of aromatic nitrogens is 3. The number of nitrogens with zero attached hydrogens (tertiary/aromatic N) is 4. The second kappa shape index (κ2) is 7.22. The van der Waals surface area contributed by atoms with E-state index >= 15 is 0 Å². The van der Waals surface area contributed by atoms with Gasteiger partial charge in [0.25, 0.3) is 5.91 Å². The van der Waals surface area contributed by atoms with Crippen LogP contribution in [0.5, 0.6) is 5.75 Å². The van der Waals surface area contributed by atoms with Gasteiger partial charge in [-0.05, 0) is 49.4 Å². The Balaban J connectivity index is 1.52. The van der Waals surface area contributed by atoms with E-state index in [1.54, 1.807) is 13.2 Å². The summed E-state index contributed by atoms with van der Waals surface area (Å²) in [5.41, 5.74) is 4.83. The molecule has 0 N–H and O–H groups in total. The van der Waals surface area contributed by atoms with Crippen molar-refractivity contribution < 1.29 is 9.53 Å². The van der Waals surface area contributed by atoms with Crippen molar-refractivity contribution in [3.63, 3.8) is 0 Å². The first-order valence-corrected chi connectivity index (χ1v) is 9.88. The van der Waals surface area contributed by atoms with Gasteiger partial charge in [-0.2, -0.15) is 5.10 Å². The van der Waals surface area contributed by atoms with Crippen LogP contribution >= 0.6 is 0 Å². The zero-order valence-corrected chi connectivity index (χ0v) is 16.9. The van der Waals surface area contributed by atoms with E-state index in [1.165, 1.54) is 5.56 Å². The first-order valence-electron chi connectivity index (χ1n) is 9.88. The summed E-state index contributed by atoms with van der Waals surface area (Å²) >= 11 is 0. The molecule has 0 atom stereocenters. The van der Waals surface area contributed by atoms with E-state index in [-0.39, 0.29) is 5.91 Å². The first-order chi connectivity index (χ1) is 14.6. The molecular weight excluding hydrogens is 376 g/mol. The van der Waals surface area contributed by atoms with Crippen molar-refractivity contribution in [1.82, 2.24) is 19.2 Å². The van der Waals surface area contributed by atoms with Gasteiger partial charge in [0.15, 0.2) is 0 Å². The molecule has 0 aliphatic carbocycles. The van der Waals surface area contributed by atoms with Crippen molar-refractivity contribution >= 4 is 5.91 Å². The van der Waals surface area contributed by atoms with Gasteiger partial charge < -0.3 is 14.2 Å². The summed E-state index contributed by atoms with van der Waals surface area (Å²) in [5, 5.41) is 4.88. The Hall–Kier alpha value is -3.80. The number of carbonyl (C=O) groups excluding carboxylic acids is 1. The van der Waals surface area contributed by atoms with Gasteiger partial charge in [0.05, 0.1) is 31.6 Å². The number of methoxy groups -OCH3 is 1. The molecule has 0 bridgehead atoms. The van der Waals surface area contributed by atoms with Crippen LogP contribution in [0.4, 0.5) is 0 Å². The number of amides is 1. The normalized spacial score (nSPS) is 12.8. The highest BCUT2D eigenvalue weighted by atomic mass is 16.5. The predicted octanol–water partition coefficient (Wildman–Crippen LogP) is 4.14. The average molecular weight is 398 g/mol. The van der Waals surface area contributed by atoms with Gasteiger partial charge in [-0.1, -0.05) is 23.8 Å². The van der Waals surface area contributed by atoms with Crippen molar-refractivity contribution in [1.29, 1.82) is 0 Å². The lowest BCUT2D eigenvalue weighted by Gasteiger charge is -2.18. The lowest BCUT2D eigenvalue weighted by atomic mass is 10.2. The molecule has 1 aliphatic heterocycles. The lowest BCUT2D eigenvalue weighted by Crippen LogP contribution is -2.26. The molecular formula is C24H22N4O2. The van der Waals surface area contributed by atoms with Crippen LogP contribution in [0.15, 0.2) is 73.1 Å². The Bertz CT molecular complexity index is 1210. The second-order valence-corrected chi connectivity index (χ2v) is 7.48. The highest BCUT2D eigenvalue weighted by Crippen LogP contribution is 2.31. The lowest BCUT2D eigenvalue weighted by molar-refractivity contribution is 0.0749. The molecule has 1 aliphatic rings. The Morgan fingerprint density at radius 3 is 2.50 bits per heavy atom. The van der Waals surface area contributed by atoms with E-state index in [1.807, 2.05) is 52.3 Å². The van der Waals surface area contributed by atoms with E-state index in [9.17, 15) is 4.79 Å². The van der Waals surface area contributed by atoms with E-state index in [2.05, 4.69) is 35.8 Å². The Labute approximate surface area is 174 Å². The Morgan fingerprint density at radius 1 is 1.00 bits per heavy atom. The van der Waals surface area contributed by atoms with Gasteiger partial charge in [-0.15, -0.1) is 0 Å². The molecule has 150 valence electrons.